The molecular formula is C25H28FNO4. The Hall–Kier alpha value is -3.15. The zero-order valence-electron chi connectivity index (χ0n) is 18.4. The third kappa shape index (κ3) is 5.32. The number of carbonyl (C=O) groups is 2. The summed E-state index contributed by atoms with van der Waals surface area (Å²) in [6.07, 6.45) is 0.117. The minimum atomic E-state index is -0.439. The predicted molar refractivity (Wildman–Crippen MR) is 116 cm³/mol. The van der Waals surface area contributed by atoms with Crippen LogP contribution < -0.4 is 4.74 Å². The van der Waals surface area contributed by atoms with E-state index in [1.165, 1.54) is 17.0 Å². The van der Waals surface area contributed by atoms with Crippen LogP contribution in [-0.2, 0) is 20.9 Å². The largest absolute Gasteiger partial charge is 0.497 e. The van der Waals surface area contributed by atoms with Crippen LogP contribution in [0.3, 0.4) is 0 Å². The van der Waals surface area contributed by atoms with E-state index in [1.807, 2.05) is 38.1 Å². The van der Waals surface area contributed by atoms with Crippen molar-refractivity contribution in [1.82, 2.24) is 4.90 Å². The van der Waals surface area contributed by atoms with Crippen LogP contribution in [0.4, 0.5) is 4.39 Å². The van der Waals surface area contributed by atoms with Gasteiger partial charge in [0.05, 0.1) is 25.8 Å². The summed E-state index contributed by atoms with van der Waals surface area (Å²) in [5.74, 6) is -0.528. The van der Waals surface area contributed by atoms with Gasteiger partial charge in [0.15, 0.2) is 0 Å². The number of ether oxygens (including phenoxy) is 2. The average molecular weight is 426 g/mol. The molecule has 0 saturated heterocycles. The van der Waals surface area contributed by atoms with Crippen molar-refractivity contribution in [3.63, 3.8) is 0 Å². The van der Waals surface area contributed by atoms with Crippen LogP contribution in [0.25, 0.3) is 0 Å². The Morgan fingerprint density at radius 3 is 2.61 bits per heavy atom. The normalized spacial score (nSPS) is 16.6. The smallest absolute Gasteiger partial charge is 0.336 e. The first-order valence-corrected chi connectivity index (χ1v) is 10.4. The molecule has 1 heterocycles. The lowest BCUT2D eigenvalue weighted by Gasteiger charge is -2.34. The van der Waals surface area contributed by atoms with Gasteiger partial charge < -0.3 is 14.4 Å². The molecule has 1 aliphatic heterocycles. The summed E-state index contributed by atoms with van der Waals surface area (Å²) in [5.41, 5.74) is 2.45. The SMILES string of the molecule is COc1cccc(C2CC(=O)N(Cc3cccc(F)c3)C(C)=C2C(=O)OCC(C)C)c1. The van der Waals surface area contributed by atoms with Crippen LogP contribution in [0.15, 0.2) is 59.8 Å². The van der Waals surface area contributed by atoms with Crippen LogP contribution in [0.1, 0.15) is 44.2 Å². The number of methoxy groups -OCH3 is 1. The maximum absolute atomic E-state index is 13.6. The molecular weight excluding hydrogens is 397 g/mol. The number of hydrogen-bond acceptors (Lipinski definition) is 4. The molecule has 1 amide bonds. The number of allylic oxidation sites excluding steroid dienone is 1. The summed E-state index contributed by atoms with van der Waals surface area (Å²) >= 11 is 0. The van der Waals surface area contributed by atoms with Crippen molar-refractivity contribution in [2.24, 2.45) is 5.92 Å². The van der Waals surface area contributed by atoms with Crippen molar-refractivity contribution in [2.75, 3.05) is 13.7 Å². The van der Waals surface area contributed by atoms with E-state index < -0.39 is 11.9 Å². The quantitative estimate of drug-likeness (QED) is 0.597. The molecule has 0 fully saturated rings. The minimum Gasteiger partial charge on any atom is -0.497 e. The number of nitrogens with zero attached hydrogens (tertiary/aromatic N) is 1. The molecule has 31 heavy (non-hydrogen) atoms. The molecule has 3 rings (SSSR count). The predicted octanol–water partition coefficient (Wildman–Crippen LogP) is 4.82. The van der Waals surface area contributed by atoms with Crippen molar-refractivity contribution >= 4 is 11.9 Å². The van der Waals surface area contributed by atoms with E-state index in [2.05, 4.69) is 0 Å². The summed E-state index contributed by atoms with van der Waals surface area (Å²) in [4.78, 5) is 27.7. The molecule has 0 aromatic heterocycles. The fraction of sp³-hybridized carbons (Fsp3) is 0.360. The Balaban J connectivity index is 2.02. The zero-order valence-corrected chi connectivity index (χ0v) is 18.4. The molecule has 1 unspecified atom stereocenters. The Morgan fingerprint density at radius 1 is 1.19 bits per heavy atom. The topological polar surface area (TPSA) is 55.8 Å². The molecule has 2 aromatic rings. The monoisotopic (exact) mass is 425 g/mol. The van der Waals surface area contributed by atoms with E-state index in [9.17, 15) is 14.0 Å². The van der Waals surface area contributed by atoms with Crippen LogP contribution in [0.2, 0.25) is 0 Å². The Bertz CT molecular complexity index is 999. The number of hydrogen-bond donors (Lipinski definition) is 0. The van der Waals surface area contributed by atoms with Gasteiger partial charge >= 0.3 is 5.97 Å². The lowest BCUT2D eigenvalue weighted by Crippen LogP contribution is -2.38. The van der Waals surface area contributed by atoms with Crippen LogP contribution in [0, 0.1) is 11.7 Å². The van der Waals surface area contributed by atoms with Crippen LogP contribution in [0.5, 0.6) is 5.75 Å². The van der Waals surface area contributed by atoms with Crippen molar-refractivity contribution in [3.8, 4) is 5.75 Å². The van der Waals surface area contributed by atoms with Gasteiger partial charge in [-0.25, -0.2) is 9.18 Å². The van der Waals surface area contributed by atoms with Crippen LogP contribution in [-0.4, -0.2) is 30.5 Å². The Morgan fingerprint density at radius 2 is 1.94 bits per heavy atom. The molecule has 0 N–H and O–H groups in total. The average Bonchev–Trinajstić information content (AvgIpc) is 2.74. The second-order valence-corrected chi connectivity index (χ2v) is 8.13. The van der Waals surface area contributed by atoms with Crippen molar-refractivity contribution in [2.45, 2.75) is 39.7 Å². The van der Waals surface area contributed by atoms with Gasteiger partial charge in [-0.15, -0.1) is 0 Å². The van der Waals surface area contributed by atoms with Gasteiger partial charge in [0, 0.05) is 18.0 Å². The molecule has 1 aliphatic rings. The Labute approximate surface area is 182 Å². The van der Waals surface area contributed by atoms with E-state index in [-0.39, 0.29) is 37.2 Å². The van der Waals surface area contributed by atoms with Gasteiger partial charge in [-0.3, -0.25) is 4.79 Å². The molecule has 0 bridgehead atoms. The summed E-state index contributed by atoms with van der Waals surface area (Å²) in [6, 6.07) is 13.5. The standard InChI is InChI=1S/C25H28FNO4/c1-16(2)15-31-25(29)24-17(3)27(14-18-7-5-9-20(26)11-18)23(28)13-22(24)19-8-6-10-21(12-19)30-4/h5-12,16,22H,13-15H2,1-4H3. The molecule has 5 nitrogen and oxygen atoms in total. The molecule has 2 aromatic carbocycles. The fourth-order valence-electron chi connectivity index (χ4n) is 3.75. The number of rotatable bonds is 7. The van der Waals surface area contributed by atoms with Gasteiger partial charge in [0.25, 0.3) is 0 Å². The maximum Gasteiger partial charge on any atom is 0.336 e. The third-order valence-corrected chi connectivity index (χ3v) is 5.32. The molecule has 164 valence electrons. The highest BCUT2D eigenvalue weighted by Gasteiger charge is 2.37. The first-order chi connectivity index (χ1) is 14.8. The lowest BCUT2D eigenvalue weighted by atomic mass is 9.83. The second-order valence-electron chi connectivity index (χ2n) is 8.13. The zero-order chi connectivity index (χ0) is 22.5. The second kappa shape index (κ2) is 9.77. The van der Waals surface area contributed by atoms with Gasteiger partial charge in [-0.1, -0.05) is 38.1 Å². The summed E-state index contributed by atoms with van der Waals surface area (Å²) in [6.45, 7) is 6.16. The van der Waals surface area contributed by atoms with Gasteiger partial charge in [0.2, 0.25) is 5.91 Å². The molecule has 0 saturated carbocycles. The Kier molecular flexibility index (Phi) is 7.10. The van der Waals surface area contributed by atoms with Crippen LogP contribution >= 0.6 is 0 Å². The highest BCUT2D eigenvalue weighted by Crippen LogP contribution is 2.38. The van der Waals surface area contributed by atoms with E-state index in [1.54, 1.807) is 26.2 Å². The number of carbonyl (C=O) groups excluding carboxylic acids is 2. The van der Waals surface area contributed by atoms with Crippen molar-refractivity contribution in [3.05, 3.63) is 76.7 Å². The first-order valence-electron chi connectivity index (χ1n) is 10.4. The maximum atomic E-state index is 13.6. The third-order valence-electron chi connectivity index (χ3n) is 5.32. The number of esters is 1. The first kappa shape index (κ1) is 22.5. The summed E-state index contributed by atoms with van der Waals surface area (Å²) in [5, 5.41) is 0. The van der Waals surface area contributed by atoms with Gasteiger partial charge in [0.1, 0.15) is 11.6 Å². The fourth-order valence-corrected chi connectivity index (χ4v) is 3.75. The molecule has 0 spiro atoms. The number of halogens is 1. The highest BCUT2D eigenvalue weighted by atomic mass is 19.1. The van der Waals surface area contributed by atoms with E-state index >= 15 is 0 Å². The summed E-state index contributed by atoms with van der Waals surface area (Å²) in [7, 11) is 1.57. The molecule has 1 atom stereocenters. The highest BCUT2D eigenvalue weighted by molar-refractivity contribution is 5.95. The minimum absolute atomic E-state index is 0.117. The van der Waals surface area contributed by atoms with E-state index in [4.69, 9.17) is 9.47 Å². The van der Waals surface area contributed by atoms with E-state index in [0.717, 1.165) is 5.56 Å². The van der Waals surface area contributed by atoms with Crippen molar-refractivity contribution in [1.29, 1.82) is 0 Å². The molecule has 6 heteroatoms. The van der Waals surface area contributed by atoms with Crippen molar-refractivity contribution < 1.29 is 23.5 Å². The number of amides is 1. The van der Waals surface area contributed by atoms with E-state index in [0.29, 0.717) is 22.6 Å². The summed E-state index contributed by atoms with van der Waals surface area (Å²) < 4.78 is 24.5. The molecule has 0 radical (unpaired) electrons. The lowest BCUT2D eigenvalue weighted by molar-refractivity contribution is -0.141. The molecule has 0 aliphatic carbocycles. The van der Waals surface area contributed by atoms with Gasteiger partial charge in [-0.2, -0.15) is 0 Å². The van der Waals surface area contributed by atoms with Gasteiger partial charge in [-0.05, 0) is 48.2 Å². The number of benzene rings is 2.